The highest BCUT2D eigenvalue weighted by molar-refractivity contribution is 5.90. The highest BCUT2D eigenvalue weighted by atomic mass is 16.2. The molecule has 3 N–H and O–H groups in total. The molecule has 0 aliphatic heterocycles. The Morgan fingerprint density at radius 1 is 0.346 bits per heavy atom. The van der Waals surface area contributed by atoms with Crippen LogP contribution < -0.4 is 16.0 Å². The number of nitrogens with one attached hydrogen (secondary N) is 3. The molecule has 0 bridgehead atoms. The first-order chi connectivity index (χ1) is 24.8. The predicted molar refractivity (Wildman–Crippen MR) is 198 cm³/mol. The third kappa shape index (κ3) is 18.6. The summed E-state index contributed by atoms with van der Waals surface area (Å²) in [5.41, 5.74) is 0. The lowest BCUT2D eigenvalue weighted by Gasteiger charge is -2.30. The van der Waals surface area contributed by atoms with Gasteiger partial charge >= 0.3 is 0 Å². The van der Waals surface area contributed by atoms with Gasteiger partial charge in [0.25, 0.3) is 0 Å². The van der Waals surface area contributed by atoms with Gasteiger partial charge in [0.15, 0.2) is 0 Å². The molecule has 284 valence electrons. The van der Waals surface area contributed by atoms with Crippen LogP contribution in [0, 0.1) is 0 Å². The highest BCUT2D eigenvalue weighted by Gasteiger charge is 2.21. The van der Waals surface area contributed by atoms with E-state index in [0.29, 0.717) is 0 Å². The van der Waals surface area contributed by atoms with Crippen molar-refractivity contribution < 1.29 is 38.4 Å². The SMILES string of the molecule is C=CC(=O)NCCN(CCN(CCN(CCC(=O)N(CCNC(=O)C=C)CCN(CCNC(=O)C=C)C(=O)C=C)C(=O)C=C)C(=O)C=C)C(=O)C=C. The Balaban J connectivity index is 5.76. The van der Waals surface area contributed by atoms with Crippen molar-refractivity contribution in [1.29, 1.82) is 0 Å². The van der Waals surface area contributed by atoms with Gasteiger partial charge in [0, 0.05) is 91.5 Å². The summed E-state index contributed by atoms with van der Waals surface area (Å²) >= 11 is 0. The molecule has 0 heterocycles. The van der Waals surface area contributed by atoms with Gasteiger partial charge in [-0.2, -0.15) is 0 Å². The zero-order valence-electron chi connectivity index (χ0n) is 29.9. The van der Waals surface area contributed by atoms with Crippen molar-refractivity contribution in [1.82, 2.24) is 40.4 Å². The molecule has 0 rings (SSSR count). The maximum absolute atomic E-state index is 13.5. The number of rotatable bonds is 28. The minimum absolute atomic E-state index is 0.00987. The summed E-state index contributed by atoms with van der Waals surface area (Å²) < 4.78 is 0. The molecular formula is C36H52N8O8. The van der Waals surface area contributed by atoms with Crippen molar-refractivity contribution in [3.8, 4) is 0 Å². The number of hydrogen-bond acceptors (Lipinski definition) is 8. The lowest BCUT2D eigenvalue weighted by Crippen LogP contribution is -2.47. The lowest BCUT2D eigenvalue weighted by molar-refractivity contribution is -0.135. The first-order valence-corrected chi connectivity index (χ1v) is 16.5. The Labute approximate surface area is 305 Å². The van der Waals surface area contributed by atoms with Crippen LogP contribution in [0.2, 0.25) is 0 Å². The van der Waals surface area contributed by atoms with Crippen molar-refractivity contribution in [3.63, 3.8) is 0 Å². The molecule has 0 radical (unpaired) electrons. The van der Waals surface area contributed by atoms with Crippen molar-refractivity contribution in [2.75, 3.05) is 85.1 Å². The van der Waals surface area contributed by atoms with Gasteiger partial charge in [-0.15, -0.1) is 0 Å². The van der Waals surface area contributed by atoms with Crippen molar-refractivity contribution in [3.05, 3.63) is 88.6 Å². The monoisotopic (exact) mass is 724 g/mol. The van der Waals surface area contributed by atoms with E-state index < -0.39 is 41.4 Å². The summed E-state index contributed by atoms with van der Waals surface area (Å²) in [5.74, 6) is -3.42. The largest absolute Gasteiger partial charge is 0.351 e. The third-order valence-electron chi connectivity index (χ3n) is 7.41. The van der Waals surface area contributed by atoms with Crippen LogP contribution >= 0.6 is 0 Å². The van der Waals surface area contributed by atoms with Crippen LogP contribution in [0.1, 0.15) is 6.42 Å². The molecule has 0 aromatic rings. The Kier molecular flexibility index (Phi) is 23.6. The molecule has 0 spiro atoms. The molecular weight excluding hydrogens is 672 g/mol. The zero-order chi connectivity index (χ0) is 39.5. The molecule has 16 heteroatoms. The van der Waals surface area contributed by atoms with Gasteiger partial charge in [0.2, 0.25) is 47.3 Å². The molecule has 16 nitrogen and oxygen atoms in total. The van der Waals surface area contributed by atoms with E-state index in [4.69, 9.17) is 0 Å². The Morgan fingerprint density at radius 3 is 0.885 bits per heavy atom. The van der Waals surface area contributed by atoms with Crippen LogP contribution in [-0.2, 0) is 38.4 Å². The Hall–Kier alpha value is -6.06. The van der Waals surface area contributed by atoms with Crippen LogP contribution in [0.4, 0.5) is 0 Å². The zero-order valence-corrected chi connectivity index (χ0v) is 29.9. The average molecular weight is 725 g/mol. The smallest absolute Gasteiger partial charge is 0.246 e. The van der Waals surface area contributed by atoms with E-state index in [9.17, 15) is 38.4 Å². The van der Waals surface area contributed by atoms with Gasteiger partial charge in [-0.25, -0.2) is 0 Å². The van der Waals surface area contributed by atoms with Crippen molar-refractivity contribution in [2.45, 2.75) is 6.42 Å². The summed E-state index contributed by atoms with van der Waals surface area (Å²) in [6, 6.07) is 0. The van der Waals surface area contributed by atoms with Crippen LogP contribution in [0.3, 0.4) is 0 Å². The number of nitrogens with zero attached hydrogens (tertiary/aromatic N) is 5. The molecule has 52 heavy (non-hydrogen) atoms. The maximum Gasteiger partial charge on any atom is 0.246 e. The average Bonchev–Trinajstić information content (AvgIpc) is 3.16. The fourth-order valence-electron chi connectivity index (χ4n) is 4.48. The van der Waals surface area contributed by atoms with Crippen LogP contribution in [0.15, 0.2) is 88.6 Å². The summed E-state index contributed by atoms with van der Waals surface area (Å²) in [6.45, 7) is 25.2. The number of carbonyl (C=O) groups excluding carboxylic acids is 8. The van der Waals surface area contributed by atoms with E-state index >= 15 is 0 Å². The number of hydrogen-bond donors (Lipinski definition) is 3. The standard InChI is InChI=1S/C36H52N8O8/c1-8-29(45)37-16-20-41(33(49)12-5)24-26-43(22-18-39-31(47)10-3)36(52)15-19-40(32(48)11-4)23-27-44(35(51)14-7)28-25-42(34(50)13-6)21-17-38-30(46)9-2/h8-14H,1-7,15-28H2,(H,37,45)(H,38,46)(H,39,47). The normalized spacial score (nSPS) is 9.85. The molecule has 0 aliphatic rings. The van der Waals surface area contributed by atoms with E-state index in [2.05, 4.69) is 62.0 Å². The van der Waals surface area contributed by atoms with Gasteiger partial charge in [0.1, 0.15) is 0 Å². The van der Waals surface area contributed by atoms with E-state index in [1.54, 1.807) is 0 Å². The van der Waals surface area contributed by atoms with Gasteiger partial charge in [-0.1, -0.05) is 46.1 Å². The first kappa shape index (κ1) is 45.9. The van der Waals surface area contributed by atoms with Crippen molar-refractivity contribution >= 4 is 47.3 Å². The Morgan fingerprint density at radius 2 is 0.596 bits per heavy atom. The summed E-state index contributed by atoms with van der Waals surface area (Å²) in [5, 5.41) is 7.77. The van der Waals surface area contributed by atoms with Crippen LogP contribution in [0.5, 0.6) is 0 Å². The van der Waals surface area contributed by atoms with Gasteiger partial charge in [-0.3, -0.25) is 38.4 Å². The second-order valence-electron chi connectivity index (χ2n) is 10.7. The molecule has 0 unspecified atom stereocenters. The number of carbonyl (C=O) groups is 8. The number of amides is 8. The van der Waals surface area contributed by atoms with E-state index in [1.165, 1.54) is 24.5 Å². The molecule has 0 saturated carbocycles. The maximum atomic E-state index is 13.5. The van der Waals surface area contributed by atoms with Crippen LogP contribution in [0.25, 0.3) is 0 Å². The van der Waals surface area contributed by atoms with E-state index in [1.807, 2.05) is 0 Å². The van der Waals surface area contributed by atoms with Gasteiger partial charge in [-0.05, 0) is 42.5 Å². The van der Waals surface area contributed by atoms with Gasteiger partial charge < -0.3 is 40.4 Å². The fourth-order valence-corrected chi connectivity index (χ4v) is 4.48. The second-order valence-corrected chi connectivity index (χ2v) is 10.7. The van der Waals surface area contributed by atoms with E-state index in [-0.39, 0.29) is 97.4 Å². The van der Waals surface area contributed by atoms with E-state index in [0.717, 1.165) is 42.5 Å². The lowest BCUT2D eigenvalue weighted by atomic mass is 10.2. The third-order valence-corrected chi connectivity index (χ3v) is 7.41. The highest BCUT2D eigenvalue weighted by Crippen LogP contribution is 2.04. The van der Waals surface area contributed by atoms with Crippen molar-refractivity contribution in [2.24, 2.45) is 0 Å². The summed E-state index contributed by atoms with van der Waals surface area (Å²) in [6.07, 6.45) is 7.56. The second kappa shape index (κ2) is 26.8. The molecule has 0 fully saturated rings. The minimum Gasteiger partial charge on any atom is -0.351 e. The topological polar surface area (TPSA) is 189 Å². The fraction of sp³-hybridized carbons (Fsp3) is 0.389. The first-order valence-electron chi connectivity index (χ1n) is 16.5. The quantitative estimate of drug-likeness (QED) is 0.0873. The minimum atomic E-state index is -0.491. The van der Waals surface area contributed by atoms with Crippen LogP contribution in [-0.4, -0.2) is 157 Å². The summed E-state index contributed by atoms with van der Waals surface area (Å²) in [4.78, 5) is 106. The molecule has 0 aromatic carbocycles. The molecule has 0 aliphatic carbocycles. The molecule has 8 amide bonds. The molecule has 0 aromatic heterocycles. The van der Waals surface area contributed by atoms with Gasteiger partial charge in [0.05, 0.1) is 0 Å². The summed E-state index contributed by atoms with van der Waals surface area (Å²) in [7, 11) is 0. The predicted octanol–water partition coefficient (Wildman–Crippen LogP) is -0.830. The molecule has 0 saturated heterocycles. The molecule has 0 atom stereocenters. The Bertz CT molecular complexity index is 1360.